The molecule has 2 aliphatic rings. The molecule has 1 aromatic carbocycles. The molecule has 1 aliphatic heterocycles. The molecule has 0 saturated heterocycles. The summed E-state index contributed by atoms with van der Waals surface area (Å²) >= 11 is 1.20. The maximum absolute atomic E-state index is 13.2. The lowest BCUT2D eigenvalue weighted by molar-refractivity contribution is -0.130. The molecule has 1 unspecified atom stereocenters. The normalized spacial score (nSPS) is 25.9. The van der Waals surface area contributed by atoms with Gasteiger partial charge in [-0.3, -0.25) is 9.69 Å². The van der Waals surface area contributed by atoms with E-state index < -0.39 is 16.9 Å². The van der Waals surface area contributed by atoms with Crippen LogP contribution in [0, 0.1) is 11.3 Å². The highest BCUT2D eigenvalue weighted by atomic mass is 32.1. The minimum atomic E-state index is -1.09. The molecule has 2 radical (unpaired) electrons. The van der Waals surface area contributed by atoms with Gasteiger partial charge in [0.2, 0.25) is 5.91 Å². The van der Waals surface area contributed by atoms with Crippen molar-refractivity contribution in [1.29, 1.82) is 5.26 Å². The molecular formula is C20H19BN4O2S. The lowest BCUT2D eigenvalue weighted by Crippen LogP contribution is -2.52. The van der Waals surface area contributed by atoms with Crippen molar-refractivity contribution in [2.75, 3.05) is 7.05 Å². The number of aromatic hydroxyl groups is 1. The summed E-state index contributed by atoms with van der Waals surface area (Å²) in [5.41, 5.74) is 6.23. The molecule has 1 aromatic heterocycles. The predicted molar refractivity (Wildman–Crippen MR) is 109 cm³/mol. The molecule has 6 nitrogen and oxygen atoms in total. The zero-order valence-corrected chi connectivity index (χ0v) is 16.5. The number of benzene rings is 1. The second-order valence-electron chi connectivity index (χ2n) is 7.63. The molecule has 140 valence electrons. The van der Waals surface area contributed by atoms with Crippen molar-refractivity contribution in [2.24, 2.45) is 10.7 Å². The van der Waals surface area contributed by atoms with Crippen LogP contribution in [0.4, 0.5) is 0 Å². The highest BCUT2D eigenvalue weighted by Gasteiger charge is 2.50. The quantitative estimate of drug-likeness (QED) is 0.777. The number of hydrogen-bond acceptors (Lipinski definition) is 6. The van der Waals surface area contributed by atoms with Crippen LogP contribution in [0.2, 0.25) is 0 Å². The number of hydrogen-bond donors (Lipinski definition) is 2. The van der Waals surface area contributed by atoms with Crippen LogP contribution in [0.3, 0.4) is 0 Å². The maximum Gasteiger partial charge on any atom is 0.239 e. The SMILES string of the molecule is [B]c1cc(O)c([C@@]2(C)N=C(N)N(C)C(=O)C2c2ccc(C3(C#N)CC3)cc2)s1. The van der Waals surface area contributed by atoms with Gasteiger partial charge in [-0.05, 0) is 41.7 Å². The van der Waals surface area contributed by atoms with Gasteiger partial charge in [-0.1, -0.05) is 24.3 Å². The van der Waals surface area contributed by atoms with Crippen LogP contribution in [0.15, 0.2) is 35.3 Å². The molecule has 4 rings (SSSR count). The third-order valence-corrected chi connectivity index (χ3v) is 6.96. The van der Waals surface area contributed by atoms with Gasteiger partial charge in [0.15, 0.2) is 5.96 Å². The van der Waals surface area contributed by atoms with E-state index in [0.717, 1.165) is 24.0 Å². The number of amides is 1. The van der Waals surface area contributed by atoms with Gasteiger partial charge in [-0.2, -0.15) is 16.6 Å². The molecule has 0 spiro atoms. The fourth-order valence-corrected chi connectivity index (χ4v) is 4.86. The fraction of sp³-hybridized carbons (Fsp3) is 0.350. The van der Waals surface area contributed by atoms with Crippen molar-refractivity contribution >= 4 is 35.8 Å². The highest BCUT2D eigenvalue weighted by Crippen LogP contribution is 2.50. The molecule has 0 bridgehead atoms. The number of rotatable bonds is 3. The summed E-state index contributed by atoms with van der Waals surface area (Å²) in [5, 5.41) is 19.8. The molecule has 1 aliphatic carbocycles. The average molecular weight is 390 g/mol. The summed E-state index contributed by atoms with van der Waals surface area (Å²) in [6.45, 7) is 1.78. The van der Waals surface area contributed by atoms with E-state index in [1.807, 2.05) is 24.3 Å². The van der Waals surface area contributed by atoms with Crippen molar-refractivity contribution in [3.8, 4) is 11.8 Å². The van der Waals surface area contributed by atoms with Gasteiger partial charge in [0.25, 0.3) is 0 Å². The molecule has 8 heteroatoms. The number of nitriles is 1. The first-order valence-electron chi connectivity index (χ1n) is 8.95. The fourth-order valence-electron chi connectivity index (χ4n) is 3.92. The monoisotopic (exact) mass is 390 g/mol. The lowest BCUT2D eigenvalue weighted by Gasteiger charge is -2.40. The number of carbonyl (C=O) groups excluding carboxylic acids is 1. The first kappa shape index (κ1) is 18.6. The van der Waals surface area contributed by atoms with E-state index in [1.165, 1.54) is 22.3 Å². The van der Waals surface area contributed by atoms with E-state index in [4.69, 9.17) is 13.6 Å². The molecule has 3 N–H and O–H groups in total. The number of carbonyl (C=O) groups is 1. The Morgan fingerprint density at radius 1 is 1.39 bits per heavy atom. The van der Waals surface area contributed by atoms with Crippen LogP contribution in [0.1, 0.15) is 41.7 Å². The first-order valence-corrected chi connectivity index (χ1v) is 9.77. The second-order valence-corrected chi connectivity index (χ2v) is 8.71. The summed E-state index contributed by atoms with van der Waals surface area (Å²) < 4.78 is 0.438. The van der Waals surface area contributed by atoms with E-state index in [-0.39, 0.29) is 17.6 Å². The Morgan fingerprint density at radius 2 is 2.04 bits per heavy atom. The number of nitrogens with zero attached hydrogens (tertiary/aromatic N) is 3. The van der Waals surface area contributed by atoms with Crippen LogP contribution in [0.5, 0.6) is 5.75 Å². The molecule has 1 amide bonds. The average Bonchev–Trinajstić information content (AvgIpc) is 3.38. The summed E-state index contributed by atoms with van der Waals surface area (Å²) in [7, 11) is 7.45. The van der Waals surface area contributed by atoms with Crippen molar-refractivity contribution in [3.05, 3.63) is 46.3 Å². The van der Waals surface area contributed by atoms with Gasteiger partial charge in [0, 0.05) is 7.05 Å². The first-order chi connectivity index (χ1) is 13.2. The predicted octanol–water partition coefficient (Wildman–Crippen LogP) is 1.59. The van der Waals surface area contributed by atoms with Crippen molar-refractivity contribution in [2.45, 2.75) is 36.6 Å². The van der Waals surface area contributed by atoms with Crippen LogP contribution in [-0.4, -0.2) is 36.8 Å². The number of thiophene rings is 1. The lowest BCUT2D eigenvalue weighted by atomic mass is 9.77. The summed E-state index contributed by atoms with van der Waals surface area (Å²) in [6, 6.07) is 11.4. The standard InChI is InChI=1S/C20H19BN4O2S/c1-19(16-13(26)9-14(21)28-16)15(17(27)25(2)18(23)24-19)11-3-5-12(6-4-11)20(10-22)7-8-20/h3-6,9,15,26H,7-8H2,1-2H3,(H2,23,24)/t15?,19-/m0/s1. The van der Waals surface area contributed by atoms with E-state index in [1.54, 1.807) is 14.0 Å². The Bertz CT molecular complexity index is 1040. The van der Waals surface area contributed by atoms with Crippen LogP contribution < -0.4 is 10.5 Å². The van der Waals surface area contributed by atoms with Gasteiger partial charge in [-0.15, -0.1) is 0 Å². The van der Waals surface area contributed by atoms with Crippen LogP contribution >= 0.6 is 11.3 Å². The Kier molecular flexibility index (Phi) is 4.05. The Morgan fingerprint density at radius 3 is 2.54 bits per heavy atom. The minimum absolute atomic E-state index is 0.00179. The largest absolute Gasteiger partial charge is 0.507 e. The van der Waals surface area contributed by atoms with Gasteiger partial charge in [0.05, 0.1) is 22.3 Å². The second kappa shape index (κ2) is 6.11. The number of guanidine groups is 1. The maximum atomic E-state index is 13.2. The Balaban J connectivity index is 1.84. The Hall–Kier alpha value is -2.79. The zero-order chi connectivity index (χ0) is 20.3. The summed E-state index contributed by atoms with van der Waals surface area (Å²) in [6.07, 6.45) is 1.71. The number of nitrogens with two attached hydrogens (primary N) is 1. The van der Waals surface area contributed by atoms with Crippen molar-refractivity contribution in [3.63, 3.8) is 0 Å². The van der Waals surface area contributed by atoms with Gasteiger partial charge in [0.1, 0.15) is 19.1 Å². The Labute approximate surface area is 168 Å². The van der Waals surface area contributed by atoms with Crippen LogP contribution in [0.25, 0.3) is 0 Å². The molecule has 28 heavy (non-hydrogen) atoms. The summed E-state index contributed by atoms with van der Waals surface area (Å²) in [5.74, 6) is -0.800. The smallest absolute Gasteiger partial charge is 0.239 e. The number of aliphatic imine (C=N–C) groups is 1. The highest BCUT2D eigenvalue weighted by molar-refractivity contribution is 7.20. The van der Waals surface area contributed by atoms with E-state index >= 15 is 0 Å². The summed E-state index contributed by atoms with van der Waals surface area (Å²) in [4.78, 5) is 19.6. The number of likely N-dealkylation sites (N-methyl/N-ethyl adjacent to an activating group) is 1. The zero-order valence-electron chi connectivity index (χ0n) is 15.6. The van der Waals surface area contributed by atoms with Gasteiger partial charge < -0.3 is 10.8 Å². The van der Waals surface area contributed by atoms with Crippen molar-refractivity contribution in [1.82, 2.24) is 4.90 Å². The van der Waals surface area contributed by atoms with Gasteiger partial charge >= 0.3 is 0 Å². The third-order valence-electron chi connectivity index (χ3n) is 5.78. The molecule has 1 fully saturated rings. The van der Waals surface area contributed by atoms with E-state index in [0.29, 0.717) is 9.65 Å². The topological polar surface area (TPSA) is 103 Å². The van der Waals surface area contributed by atoms with Crippen LogP contribution in [-0.2, 0) is 15.7 Å². The molecule has 1 saturated carbocycles. The molecular weight excluding hydrogens is 371 g/mol. The van der Waals surface area contributed by atoms with Gasteiger partial charge in [-0.25, -0.2) is 4.99 Å². The van der Waals surface area contributed by atoms with E-state index in [9.17, 15) is 15.2 Å². The minimum Gasteiger partial charge on any atom is -0.507 e. The van der Waals surface area contributed by atoms with Crippen molar-refractivity contribution < 1.29 is 9.90 Å². The molecule has 2 aromatic rings. The molecule has 2 heterocycles. The van der Waals surface area contributed by atoms with E-state index in [2.05, 4.69) is 11.1 Å². The third kappa shape index (κ3) is 2.61. The molecule has 2 atom stereocenters.